The van der Waals surface area contributed by atoms with Crippen LogP contribution in [-0.4, -0.2) is 39.5 Å². The summed E-state index contributed by atoms with van der Waals surface area (Å²) in [6.07, 6.45) is 1.28. The van der Waals surface area contributed by atoms with Crippen LogP contribution < -0.4 is 5.32 Å². The molecule has 2 N–H and O–H groups in total. The van der Waals surface area contributed by atoms with Crippen molar-refractivity contribution in [3.05, 3.63) is 84.6 Å². The molecule has 148 valence electrons. The monoisotopic (exact) mass is 397 g/mol. The molecule has 0 atom stereocenters. The van der Waals surface area contributed by atoms with E-state index in [4.69, 9.17) is 5.11 Å². The molecule has 30 heavy (non-hydrogen) atoms. The second-order valence-electron chi connectivity index (χ2n) is 7.09. The van der Waals surface area contributed by atoms with Crippen LogP contribution in [0.5, 0.6) is 0 Å². The molecule has 0 saturated carbocycles. The summed E-state index contributed by atoms with van der Waals surface area (Å²) in [6.45, 7) is -0.287. The van der Waals surface area contributed by atoms with Crippen molar-refractivity contribution in [1.29, 1.82) is 0 Å². The Bertz CT molecular complexity index is 1280. The number of anilines is 1. The van der Waals surface area contributed by atoms with Crippen LogP contribution in [0.2, 0.25) is 0 Å². The SMILES string of the molecule is O=C1C=C(Nc2ccccc2-n2c3ccccc3c3ccccc32)C(=O)N1CCO. The third kappa shape index (κ3) is 2.77. The van der Waals surface area contributed by atoms with Gasteiger partial charge in [-0.25, -0.2) is 0 Å². The van der Waals surface area contributed by atoms with E-state index in [0.717, 1.165) is 32.4 Å². The molecule has 6 heteroatoms. The van der Waals surface area contributed by atoms with E-state index in [1.54, 1.807) is 0 Å². The van der Waals surface area contributed by atoms with Crippen LogP contribution >= 0.6 is 0 Å². The number of nitrogens with one attached hydrogen (secondary N) is 1. The number of imide groups is 1. The molecule has 5 rings (SSSR count). The van der Waals surface area contributed by atoms with Gasteiger partial charge in [0.05, 0.1) is 35.6 Å². The van der Waals surface area contributed by atoms with Gasteiger partial charge in [-0.1, -0.05) is 48.5 Å². The molecule has 0 spiro atoms. The van der Waals surface area contributed by atoms with Crippen molar-refractivity contribution in [3.63, 3.8) is 0 Å². The van der Waals surface area contributed by atoms with Crippen molar-refractivity contribution in [3.8, 4) is 5.69 Å². The predicted molar refractivity (Wildman–Crippen MR) is 116 cm³/mol. The Morgan fingerprint density at radius 2 is 1.40 bits per heavy atom. The van der Waals surface area contributed by atoms with Crippen LogP contribution in [0.4, 0.5) is 5.69 Å². The lowest BCUT2D eigenvalue weighted by Crippen LogP contribution is -2.34. The van der Waals surface area contributed by atoms with Crippen molar-refractivity contribution in [1.82, 2.24) is 9.47 Å². The Hall–Kier alpha value is -3.90. The number of rotatable bonds is 5. The smallest absolute Gasteiger partial charge is 0.277 e. The molecule has 4 aromatic rings. The highest BCUT2D eigenvalue weighted by atomic mass is 16.3. The molecule has 6 nitrogen and oxygen atoms in total. The fraction of sp³-hybridized carbons (Fsp3) is 0.0833. The summed E-state index contributed by atoms with van der Waals surface area (Å²) < 4.78 is 2.15. The zero-order valence-corrected chi connectivity index (χ0v) is 16.1. The number of benzene rings is 3. The van der Waals surface area contributed by atoms with Gasteiger partial charge in [-0.2, -0.15) is 0 Å². The lowest BCUT2D eigenvalue weighted by atomic mass is 10.2. The van der Waals surface area contributed by atoms with E-state index in [-0.39, 0.29) is 18.8 Å². The molecule has 3 aromatic carbocycles. The van der Waals surface area contributed by atoms with E-state index in [1.807, 2.05) is 48.5 Å². The number of amides is 2. The first-order chi connectivity index (χ1) is 14.7. The van der Waals surface area contributed by atoms with E-state index < -0.39 is 11.8 Å². The molecule has 2 heterocycles. The summed E-state index contributed by atoms with van der Waals surface area (Å²) in [5.74, 6) is -0.864. The zero-order chi connectivity index (χ0) is 20.7. The van der Waals surface area contributed by atoms with Gasteiger partial charge in [0.25, 0.3) is 11.8 Å². The Labute approximate surface area is 172 Å². The topological polar surface area (TPSA) is 74.6 Å². The number of hydrogen-bond donors (Lipinski definition) is 2. The van der Waals surface area contributed by atoms with Crippen molar-refractivity contribution in [2.24, 2.45) is 0 Å². The van der Waals surface area contributed by atoms with Gasteiger partial charge in [-0.3, -0.25) is 14.5 Å². The lowest BCUT2D eigenvalue weighted by molar-refractivity contribution is -0.137. The van der Waals surface area contributed by atoms with Gasteiger partial charge in [0, 0.05) is 16.8 Å². The van der Waals surface area contributed by atoms with Gasteiger partial charge in [-0.15, -0.1) is 0 Å². The largest absolute Gasteiger partial charge is 0.395 e. The number of β-amino-alcohol motifs (C(OH)–C–C–N with tert-alkyl or cyclic N) is 1. The molecule has 0 fully saturated rings. The molecule has 0 saturated heterocycles. The Morgan fingerprint density at radius 3 is 2.07 bits per heavy atom. The summed E-state index contributed by atoms with van der Waals surface area (Å²) in [7, 11) is 0. The average molecular weight is 397 g/mol. The van der Waals surface area contributed by atoms with Gasteiger partial charge in [0.1, 0.15) is 5.70 Å². The number of aliphatic hydroxyl groups excluding tert-OH is 1. The second-order valence-corrected chi connectivity index (χ2v) is 7.09. The fourth-order valence-corrected chi connectivity index (χ4v) is 4.01. The molecule has 0 unspecified atom stereocenters. The Morgan fingerprint density at radius 1 is 0.800 bits per heavy atom. The van der Waals surface area contributed by atoms with Crippen molar-refractivity contribution in [2.75, 3.05) is 18.5 Å². The number of carbonyl (C=O) groups is 2. The van der Waals surface area contributed by atoms with Crippen LogP contribution in [0.3, 0.4) is 0 Å². The predicted octanol–water partition coefficient (Wildman–Crippen LogP) is 3.44. The van der Waals surface area contributed by atoms with E-state index >= 15 is 0 Å². The Kier molecular flexibility index (Phi) is 4.34. The summed E-state index contributed by atoms with van der Waals surface area (Å²) >= 11 is 0. The van der Waals surface area contributed by atoms with E-state index in [0.29, 0.717) is 5.69 Å². The number of aliphatic hydroxyl groups is 1. The first kappa shape index (κ1) is 18.1. The maximum Gasteiger partial charge on any atom is 0.277 e. The van der Waals surface area contributed by atoms with Gasteiger partial charge in [0.15, 0.2) is 0 Å². The van der Waals surface area contributed by atoms with E-state index in [9.17, 15) is 9.59 Å². The third-order valence-electron chi connectivity index (χ3n) is 5.33. The zero-order valence-electron chi connectivity index (χ0n) is 16.1. The lowest BCUT2D eigenvalue weighted by Gasteiger charge is -2.16. The summed E-state index contributed by atoms with van der Waals surface area (Å²) in [4.78, 5) is 25.7. The number of para-hydroxylation sites is 4. The second kappa shape index (κ2) is 7.17. The maximum absolute atomic E-state index is 12.6. The first-order valence-electron chi connectivity index (χ1n) is 9.72. The summed E-state index contributed by atoms with van der Waals surface area (Å²) in [5.41, 5.74) is 3.89. The van der Waals surface area contributed by atoms with Crippen molar-refractivity contribution in [2.45, 2.75) is 0 Å². The molecule has 0 bridgehead atoms. The first-order valence-corrected chi connectivity index (χ1v) is 9.72. The minimum atomic E-state index is -0.439. The standard InChI is InChI=1S/C24H19N3O3/c28-14-13-26-23(29)15-19(24(26)30)25-18-9-3-6-12-22(18)27-20-10-4-1-7-16(20)17-8-2-5-11-21(17)27/h1-12,15,25,28H,13-14H2. The third-order valence-corrected chi connectivity index (χ3v) is 5.33. The number of hydrogen-bond acceptors (Lipinski definition) is 4. The summed E-state index contributed by atoms with van der Waals surface area (Å²) in [6, 6.07) is 24.1. The van der Waals surface area contributed by atoms with Crippen molar-refractivity contribution < 1.29 is 14.7 Å². The van der Waals surface area contributed by atoms with Gasteiger partial charge in [0.2, 0.25) is 0 Å². The van der Waals surface area contributed by atoms with E-state index in [1.165, 1.54) is 6.08 Å². The highest BCUT2D eigenvalue weighted by Crippen LogP contribution is 2.34. The number of carbonyl (C=O) groups excluding carboxylic acids is 2. The molecule has 1 aliphatic heterocycles. The van der Waals surface area contributed by atoms with Gasteiger partial charge in [-0.05, 0) is 24.3 Å². The minimum absolute atomic E-state index is 0.0200. The fourth-order valence-electron chi connectivity index (χ4n) is 4.01. The number of fused-ring (bicyclic) bond motifs is 3. The molecular formula is C24H19N3O3. The molecule has 2 amide bonds. The summed E-state index contributed by atoms with van der Waals surface area (Å²) in [5, 5.41) is 14.5. The van der Waals surface area contributed by atoms with Gasteiger partial charge >= 0.3 is 0 Å². The minimum Gasteiger partial charge on any atom is -0.395 e. The van der Waals surface area contributed by atoms with Crippen LogP contribution in [-0.2, 0) is 9.59 Å². The van der Waals surface area contributed by atoms with Gasteiger partial charge < -0.3 is 15.0 Å². The highest BCUT2D eigenvalue weighted by molar-refractivity contribution is 6.17. The van der Waals surface area contributed by atoms with Crippen LogP contribution in [0, 0.1) is 0 Å². The molecule has 1 aliphatic rings. The molecule has 0 radical (unpaired) electrons. The molecule has 0 aliphatic carbocycles. The number of nitrogens with zero attached hydrogens (tertiary/aromatic N) is 2. The van der Waals surface area contributed by atoms with Crippen molar-refractivity contribution >= 4 is 39.3 Å². The quantitative estimate of drug-likeness (QED) is 0.506. The average Bonchev–Trinajstić information content (AvgIpc) is 3.24. The molecule has 1 aromatic heterocycles. The number of aromatic nitrogens is 1. The van der Waals surface area contributed by atoms with Crippen LogP contribution in [0.1, 0.15) is 0 Å². The Balaban J connectivity index is 1.65. The van der Waals surface area contributed by atoms with E-state index in [2.05, 4.69) is 34.1 Å². The van der Waals surface area contributed by atoms with Crippen LogP contribution in [0.15, 0.2) is 84.6 Å². The van der Waals surface area contributed by atoms with Crippen LogP contribution in [0.25, 0.3) is 27.5 Å². The normalized spacial score (nSPS) is 14.0. The molecular weight excluding hydrogens is 378 g/mol. The highest BCUT2D eigenvalue weighted by Gasteiger charge is 2.31. The maximum atomic E-state index is 12.6.